The molecule has 2 aliphatic heterocycles. The van der Waals surface area contributed by atoms with Crippen molar-refractivity contribution >= 4 is 38.0 Å². The number of rotatable bonds is 7. The molecule has 2 N–H and O–H groups in total. The third kappa shape index (κ3) is 5.68. The van der Waals surface area contributed by atoms with E-state index in [1.54, 1.807) is 42.5 Å². The van der Waals surface area contributed by atoms with Gasteiger partial charge in [-0.2, -0.15) is 0 Å². The zero-order chi connectivity index (χ0) is 30.5. The number of ether oxygens (including phenoxy) is 1. The number of carbonyl (C=O) groups is 1. The van der Waals surface area contributed by atoms with Crippen LogP contribution in [0.3, 0.4) is 0 Å². The lowest BCUT2D eigenvalue weighted by molar-refractivity contribution is -0.122. The van der Waals surface area contributed by atoms with Crippen molar-refractivity contribution in [2.45, 2.75) is 43.5 Å². The van der Waals surface area contributed by atoms with Crippen molar-refractivity contribution in [2.24, 2.45) is 7.05 Å². The number of anilines is 2. The SMILES string of the molecule is Cn1cc2c3c(c[nH]c3c1=O)C(CCC(=O)NC1CCOCC1)N(c1ccc(F)cc1F)c1ccc(CS(C)(=O)=O)cc1-2. The van der Waals surface area contributed by atoms with Gasteiger partial charge in [-0.15, -0.1) is 0 Å². The molecule has 12 heteroatoms. The van der Waals surface area contributed by atoms with Gasteiger partial charge in [0.15, 0.2) is 9.84 Å². The fraction of sp³-hybridized carbons (Fsp3) is 0.355. The summed E-state index contributed by atoms with van der Waals surface area (Å²) in [5.74, 6) is -1.90. The highest BCUT2D eigenvalue weighted by Gasteiger charge is 2.34. The Morgan fingerprint density at radius 2 is 1.84 bits per heavy atom. The normalized spacial score (nSPS) is 17.1. The first-order valence-electron chi connectivity index (χ1n) is 14.1. The molecule has 0 saturated carbocycles. The van der Waals surface area contributed by atoms with Gasteiger partial charge < -0.3 is 24.5 Å². The Kier molecular flexibility index (Phi) is 7.59. The van der Waals surface area contributed by atoms with Gasteiger partial charge in [-0.3, -0.25) is 9.59 Å². The van der Waals surface area contributed by atoms with Gasteiger partial charge in [-0.25, -0.2) is 17.2 Å². The summed E-state index contributed by atoms with van der Waals surface area (Å²) in [5, 5.41) is 3.68. The highest BCUT2D eigenvalue weighted by atomic mass is 32.2. The smallest absolute Gasteiger partial charge is 0.274 e. The Hall–Kier alpha value is -4.03. The van der Waals surface area contributed by atoms with Crippen LogP contribution in [0, 0.1) is 11.6 Å². The molecule has 1 atom stereocenters. The number of benzene rings is 2. The maximum atomic E-state index is 15.6. The molecule has 0 aliphatic carbocycles. The number of aromatic amines is 1. The van der Waals surface area contributed by atoms with Crippen LogP contribution >= 0.6 is 0 Å². The van der Waals surface area contributed by atoms with Crippen molar-refractivity contribution in [1.82, 2.24) is 14.9 Å². The van der Waals surface area contributed by atoms with Gasteiger partial charge in [0.2, 0.25) is 5.91 Å². The highest BCUT2D eigenvalue weighted by molar-refractivity contribution is 7.89. The Labute approximate surface area is 247 Å². The summed E-state index contributed by atoms with van der Waals surface area (Å²) < 4.78 is 60.9. The van der Waals surface area contributed by atoms with Crippen LogP contribution in [-0.4, -0.2) is 49.4 Å². The van der Waals surface area contributed by atoms with Crippen LogP contribution in [0.2, 0.25) is 0 Å². The third-order valence-electron chi connectivity index (χ3n) is 8.15. The molecule has 43 heavy (non-hydrogen) atoms. The van der Waals surface area contributed by atoms with Crippen LogP contribution in [0.5, 0.6) is 0 Å². The van der Waals surface area contributed by atoms with E-state index in [-0.39, 0.29) is 41.8 Å². The maximum Gasteiger partial charge on any atom is 0.274 e. The van der Waals surface area contributed by atoms with Crippen molar-refractivity contribution < 1.29 is 26.7 Å². The summed E-state index contributed by atoms with van der Waals surface area (Å²) in [6.45, 7) is 1.16. The summed E-state index contributed by atoms with van der Waals surface area (Å²) in [7, 11) is -1.75. The van der Waals surface area contributed by atoms with Crippen molar-refractivity contribution in [2.75, 3.05) is 24.4 Å². The Bertz CT molecular complexity index is 1900. The molecule has 1 saturated heterocycles. The van der Waals surface area contributed by atoms with E-state index in [9.17, 15) is 22.4 Å². The topological polar surface area (TPSA) is 114 Å². The quantitative estimate of drug-likeness (QED) is 0.316. The molecule has 4 heterocycles. The first-order chi connectivity index (χ1) is 20.5. The second kappa shape index (κ2) is 11.2. The number of halogens is 2. The molecule has 1 unspecified atom stereocenters. The molecule has 1 amide bonds. The standard InChI is InChI=1S/C31H32F2N4O5S/c1-36-16-23-21-13-18(17-43(2,40)41)3-5-25(21)37(27-6-4-19(32)14-24(27)33)26(22-15-34-30(29(22)23)31(36)39)7-8-28(38)35-20-9-11-42-12-10-20/h3-6,13-16,20,26,34H,7-12,17H2,1-2H3,(H,35,38). The van der Waals surface area contributed by atoms with Crippen molar-refractivity contribution in [3.05, 3.63) is 81.9 Å². The fourth-order valence-electron chi connectivity index (χ4n) is 6.23. The zero-order valence-corrected chi connectivity index (χ0v) is 24.6. The number of nitrogens with zero attached hydrogens (tertiary/aromatic N) is 2. The van der Waals surface area contributed by atoms with E-state index in [0.29, 0.717) is 52.1 Å². The molecule has 226 valence electrons. The number of nitrogens with one attached hydrogen (secondary N) is 2. The highest BCUT2D eigenvalue weighted by Crippen LogP contribution is 2.50. The van der Waals surface area contributed by atoms with E-state index in [1.165, 1.54) is 16.7 Å². The summed E-state index contributed by atoms with van der Waals surface area (Å²) >= 11 is 0. The number of carbonyl (C=O) groups excluding carboxylic acids is 1. The average molecular weight is 611 g/mol. The summed E-state index contributed by atoms with van der Waals surface area (Å²) in [6, 6.07) is 7.84. The van der Waals surface area contributed by atoms with Gasteiger partial charge in [-0.05, 0) is 49.1 Å². The lowest BCUT2D eigenvalue weighted by Gasteiger charge is -2.34. The molecule has 4 aromatic rings. The van der Waals surface area contributed by atoms with Gasteiger partial charge >= 0.3 is 0 Å². The minimum Gasteiger partial charge on any atom is -0.381 e. The van der Waals surface area contributed by atoms with E-state index < -0.39 is 27.5 Å². The van der Waals surface area contributed by atoms with E-state index in [0.717, 1.165) is 25.2 Å². The van der Waals surface area contributed by atoms with Gasteiger partial charge in [0.25, 0.3) is 5.56 Å². The zero-order valence-electron chi connectivity index (χ0n) is 23.8. The molecular formula is C31H32F2N4O5S. The number of fused-ring (bicyclic) bond motifs is 2. The molecule has 2 aromatic heterocycles. The lowest BCUT2D eigenvalue weighted by atomic mass is 9.97. The molecule has 0 spiro atoms. The molecular weight excluding hydrogens is 578 g/mol. The Balaban J connectivity index is 1.54. The van der Waals surface area contributed by atoms with Gasteiger partial charge in [0.1, 0.15) is 17.2 Å². The third-order valence-corrected chi connectivity index (χ3v) is 9.01. The van der Waals surface area contributed by atoms with Crippen LogP contribution in [0.4, 0.5) is 20.2 Å². The van der Waals surface area contributed by atoms with E-state index in [4.69, 9.17) is 4.74 Å². The molecule has 2 aromatic carbocycles. The Morgan fingerprint density at radius 3 is 2.56 bits per heavy atom. The number of aromatic nitrogens is 2. The largest absolute Gasteiger partial charge is 0.381 e. The molecule has 9 nitrogen and oxygen atoms in total. The monoisotopic (exact) mass is 610 g/mol. The first kappa shape index (κ1) is 29.1. The van der Waals surface area contributed by atoms with Crippen molar-refractivity contribution in [1.29, 1.82) is 0 Å². The average Bonchev–Trinajstić information content (AvgIpc) is 3.35. The predicted octanol–water partition coefficient (Wildman–Crippen LogP) is 4.62. The lowest BCUT2D eigenvalue weighted by Crippen LogP contribution is -2.39. The second-order valence-electron chi connectivity index (χ2n) is 11.3. The number of aryl methyl sites for hydroxylation is 1. The molecule has 0 bridgehead atoms. The van der Waals surface area contributed by atoms with Crippen LogP contribution < -0.4 is 15.8 Å². The van der Waals surface area contributed by atoms with Crippen LogP contribution in [0.25, 0.3) is 22.0 Å². The number of amides is 1. The first-order valence-corrected chi connectivity index (χ1v) is 16.2. The summed E-state index contributed by atoms with van der Waals surface area (Å²) in [6.07, 6.45) is 6.34. The van der Waals surface area contributed by atoms with Crippen molar-refractivity contribution in [3.8, 4) is 11.1 Å². The van der Waals surface area contributed by atoms with Gasteiger partial charge in [-0.1, -0.05) is 6.07 Å². The number of pyridine rings is 1. The maximum absolute atomic E-state index is 15.6. The summed E-state index contributed by atoms with van der Waals surface area (Å²) in [4.78, 5) is 31.2. The van der Waals surface area contributed by atoms with Gasteiger partial charge in [0.05, 0.1) is 17.5 Å². The van der Waals surface area contributed by atoms with E-state index in [2.05, 4.69) is 10.3 Å². The van der Waals surface area contributed by atoms with Crippen LogP contribution in [-0.2, 0) is 32.2 Å². The number of H-pyrrole nitrogens is 1. The molecule has 2 aliphatic rings. The van der Waals surface area contributed by atoms with Crippen LogP contribution in [0.15, 0.2) is 53.6 Å². The minimum absolute atomic E-state index is 0.0118. The number of sulfone groups is 1. The number of hydrogen-bond acceptors (Lipinski definition) is 6. The predicted molar refractivity (Wildman–Crippen MR) is 160 cm³/mol. The summed E-state index contributed by atoms with van der Waals surface area (Å²) in [5.41, 5.74) is 3.13. The van der Waals surface area contributed by atoms with Crippen LogP contribution in [0.1, 0.15) is 42.9 Å². The minimum atomic E-state index is -3.38. The van der Waals surface area contributed by atoms with Gasteiger partial charge in [0, 0.05) is 85.2 Å². The fourth-order valence-corrected chi connectivity index (χ4v) is 7.02. The second-order valence-corrected chi connectivity index (χ2v) is 13.5. The molecule has 1 fully saturated rings. The number of hydrogen-bond donors (Lipinski definition) is 2. The Morgan fingerprint density at radius 1 is 1.09 bits per heavy atom. The molecule has 6 rings (SSSR count). The molecule has 0 radical (unpaired) electrons. The van der Waals surface area contributed by atoms with Crippen molar-refractivity contribution in [3.63, 3.8) is 0 Å². The van der Waals surface area contributed by atoms with E-state index >= 15 is 4.39 Å². The van der Waals surface area contributed by atoms with E-state index in [1.807, 2.05) is 0 Å².